The van der Waals surface area contributed by atoms with Crippen molar-refractivity contribution in [2.24, 2.45) is 7.05 Å². The molecule has 0 saturated heterocycles. The van der Waals surface area contributed by atoms with E-state index in [2.05, 4.69) is 25.4 Å². The Kier molecular flexibility index (Phi) is 3.83. The maximum Gasteiger partial charge on any atom is 0.227 e. The van der Waals surface area contributed by atoms with Gasteiger partial charge in [-0.15, -0.1) is 0 Å². The van der Waals surface area contributed by atoms with Crippen LogP contribution in [0.2, 0.25) is 0 Å². The molecule has 4 rings (SSSR count). The predicted octanol–water partition coefficient (Wildman–Crippen LogP) is 1.44. The average Bonchev–Trinajstić information content (AvgIpc) is 3.09. The Morgan fingerprint density at radius 2 is 2.20 bits per heavy atom. The predicted molar refractivity (Wildman–Crippen MR) is 92.8 cm³/mol. The highest BCUT2D eigenvalue weighted by Gasteiger charge is 2.23. The SMILES string of the molecule is Cn1nc(C2CCC2)cc1NC(=O)CCn1cnc2c(N)ncnc21. The van der Waals surface area contributed by atoms with Crippen LogP contribution in [0.15, 0.2) is 18.7 Å². The third-order valence-electron chi connectivity index (χ3n) is 4.70. The summed E-state index contributed by atoms with van der Waals surface area (Å²) in [5.41, 5.74) is 8.03. The normalized spacial score (nSPS) is 14.6. The van der Waals surface area contributed by atoms with E-state index in [9.17, 15) is 4.79 Å². The summed E-state index contributed by atoms with van der Waals surface area (Å²) in [4.78, 5) is 24.6. The van der Waals surface area contributed by atoms with Crippen molar-refractivity contribution in [3.05, 3.63) is 24.4 Å². The Morgan fingerprint density at radius 1 is 1.36 bits per heavy atom. The number of carbonyl (C=O) groups is 1. The molecule has 3 aromatic heterocycles. The van der Waals surface area contributed by atoms with Gasteiger partial charge in [0.1, 0.15) is 17.7 Å². The number of anilines is 2. The van der Waals surface area contributed by atoms with Crippen LogP contribution >= 0.6 is 0 Å². The lowest BCUT2D eigenvalue weighted by molar-refractivity contribution is -0.116. The number of fused-ring (bicyclic) bond motifs is 1. The van der Waals surface area contributed by atoms with E-state index >= 15 is 0 Å². The third kappa shape index (κ3) is 2.92. The number of nitrogens with zero attached hydrogens (tertiary/aromatic N) is 6. The number of imidazole rings is 1. The number of nitrogen functional groups attached to an aromatic ring is 1. The Labute approximate surface area is 144 Å². The molecule has 3 heterocycles. The number of aromatic nitrogens is 6. The number of amides is 1. The highest BCUT2D eigenvalue weighted by molar-refractivity contribution is 5.90. The molecule has 0 aliphatic heterocycles. The summed E-state index contributed by atoms with van der Waals surface area (Å²) in [6.45, 7) is 0.464. The summed E-state index contributed by atoms with van der Waals surface area (Å²) in [5.74, 6) is 1.53. The van der Waals surface area contributed by atoms with Gasteiger partial charge in [0.2, 0.25) is 5.91 Å². The summed E-state index contributed by atoms with van der Waals surface area (Å²) >= 11 is 0. The minimum atomic E-state index is -0.0768. The zero-order valence-corrected chi connectivity index (χ0v) is 14.0. The Morgan fingerprint density at radius 3 is 2.96 bits per heavy atom. The molecule has 1 aliphatic carbocycles. The van der Waals surface area contributed by atoms with E-state index in [0.717, 1.165) is 11.5 Å². The van der Waals surface area contributed by atoms with Crippen LogP contribution < -0.4 is 11.1 Å². The third-order valence-corrected chi connectivity index (χ3v) is 4.70. The van der Waals surface area contributed by atoms with Crippen LogP contribution in [-0.2, 0) is 18.4 Å². The Balaban J connectivity index is 1.40. The van der Waals surface area contributed by atoms with Crippen molar-refractivity contribution in [2.75, 3.05) is 11.1 Å². The van der Waals surface area contributed by atoms with Crippen LogP contribution in [0.25, 0.3) is 11.2 Å². The lowest BCUT2D eigenvalue weighted by Crippen LogP contribution is -2.16. The second kappa shape index (κ2) is 6.15. The molecule has 9 nitrogen and oxygen atoms in total. The summed E-state index contributed by atoms with van der Waals surface area (Å²) in [6.07, 6.45) is 6.96. The summed E-state index contributed by atoms with van der Waals surface area (Å²) in [7, 11) is 1.85. The molecule has 0 spiro atoms. The molecule has 25 heavy (non-hydrogen) atoms. The summed E-state index contributed by atoms with van der Waals surface area (Å²) in [5, 5.41) is 7.43. The van der Waals surface area contributed by atoms with Gasteiger partial charge in [0.25, 0.3) is 0 Å². The first kappa shape index (κ1) is 15.6. The molecule has 1 aliphatic rings. The van der Waals surface area contributed by atoms with Crippen molar-refractivity contribution in [2.45, 2.75) is 38.1 Å². The largest absolute Gasteiger partial charge is 0.382 e. The quantitative estimate of drug-likeness (QED) is 0.726. The first-order valence-electron chi connectivity index (χ1n) is 8.37. The van der Waals surface area contributed by atoms with Gasteiger partial charge in [-0.3, -0.25) is 9.48 Å². The van der Waals surface area contributed by atoms with Crippen molar-refractivity contribution in [3.8, 4) is 0 Å². The molecule has 1 amide bonds. The lowest BCUT2D eigenvalue weighted by Gasteiger charge is -2.22. The van der Waals surface area contributed by atoms with Gasteiger partial charge in [0.15, 0.2) is 11.5 Å². The molecule has 0 atom stereocenters. The molecule has 0 radical (unpaired) electrons. The van der Waals surface area contributed by atoms with E-state index in [0.29, 0.717) is 35.9 Å². The van der Waals surface area contributed by atoms with Crippen molar-refractivity contribution >= 4 is 28.7 Å². The minimum Gasteiger partial charge on any atom is -0.382 e. The second-order valence-electron chi connectivity index (χ2n) is 6.37. The van der Waals surface area contributed by atoms with Gasteiger partial charge in [-0.05, 0) is 12.8 Å². The first-order chi connectivity index (χ1) is 12.1. The number of hydrogen-bond acceptors (Lipinski definition) is 6. The Bertz CT molecular complexity index is 924. The van der Waals surface area contributed by atoms with Gasteiger partial charge in [-0.1, -0.05) is 6.42 Å². The van der Waals surface area contributed by atoms with Crippen LogP contribution in [0, 0.1) is 0 Å². The van der Waals surface area contributed by atoms with Gasteiger partial charge < -0.3 is 15.6 Å². The van der Waals surface area contributed by atoms with Gasteiger partial charge in [0, 0.05) is 32.0 Å². The molecule has 9 heteroatoms. The van der Waals surface area contributed by atoms with Crippen molar-refractivity contribution in [1.29, 1.82) is 0 Å². The lowest BCUT2D eigenvalue weighted by atomic mass is 9.83. The molecule has 0 aromatic carbocycles. The van der Waals surface area contributed by atoms with Gasteiger partial charge in [-0.2, -0.15) is 5.10 Å². The van der Waals surface area contributed by atoms with Crippen LogP contribution in [0.3, 0.4) is 0 Å². The first-order valence-corrected chi connectivity index (χ1v) is 8.37. The zero-order chi connectivity index (χ0) is 17.4. The molecule has 3 aromatic rings. The van der Waals surface area contributed by atoms with Crippen molar-refractivity contribution < 1.29 is 4.79 Å². The summed E-state index contributed by atoms with van der Waals surface area (Å²) < 4.78 is 3.53. The highest BCUT2D eigenvalue weighted by Crippen LogP contribution is 2.36. The second-order valence-corrected chi connectivity index (χ2v) is 6.37. The van der Waals surface area contributed by atoms with E-state index in [1.807, 2.05) is 13.1 Å². The van der Waals surface area contributed by atoms with Crippen LogP contribution in [0.5, 0.6) is 0 Å². The van der Waals surface area contributed by atoms with Gasteiger partial charge in [-0.25, -0.2) is 15.0 Å². The number of aryl methyl sites for hydroxylation is 2. The molecule has 0 bridgehead atoms. The van der Waals surface area contributed by atoms with E-state index < -0.39 is 0 Å². The van der Waals surface area contributed by atoms with Gasteiger partial charge >= 0.3 is 0 Å². The van der Waals surface area contributed by atoms with E-state index in [1.54, 1.807) is 15.6 Å². The van der Waals surface area contributed by atoms with Gasteiger partial charge in [0.05, 0.1) is 12.0 Å². The molecule has 1 saturated carbocycles. The number of nitrogens with two attached hydrogens (primary N) is 1. The molecule has 0 unspecified atom stereocenters. The van der Waals surface area contributed by atoms with Crippen LogP contribution in [0.4, 0.5) is 11.6 Å². The molecular weight excluding hydrogens is 320 g/mol. The zero-order valence-electron chi connectivity index (χ0n) is 14.0. The minimum absolute atomic E-state index is 0.0768. The number of carbonyl (C=O) groups excluding carboxylic acids is 1. The summed E-state index contributed by atoms with van der Waals surface area (Å²) in [6, 6.07) is 1.97. The number of rotatable bonds is 5. The van der Waals surface area contributed by atoms with Crippen molar-refractivity contribution in [3.63, 3.8) is 0 Å². The Hall–Kier alpha value is -2.97. The fourth-order valence-corrected chi connectivity index (χ4v) is 3.00. The van der Waals surface area contributed by atoms with Crippen LogP contribution in [0.1, 0.15) is 37.3 Å². The van der Waals surface area contributed by atoms with Crippen LogP contribution in [-0.4, -0.2) is 35.2 Å². The standard InChI is InChI=1S/C16H20N8O/c1-23-12(7-11(22-23)10-3-2-4-10)21-13(25)5-6-24-9-20-14-15(17)18-8-19-16(14)24/h7-10H,2-6H2,1H3,(H,21,25)(H2,17,18,19). The fourth-order valence-electron chi connectivity index (χ4n) is 3.00. The maximum absolute atomic E-state index is 12.3. The smallest absolute Gasteiger partial charge is 0.227 e. The van der Waals surface area contributed by atoms with E-state index in [4.69, 9.17) is 5.73 Å². The van der Waals surface area contributed by atoms with Crippen molar-refractivity contribution in [1.82, 2.24) is 29.3 Å². The number of hydrogen-bond donors (Lipinski definition) is 2. The monoisotopic (exact) mass is 340 g/mol. The van der Waals surface area contributed by atoms with E-state index in [1.165, 1.54) is 25.6 Å². The average molecular weight is 340 g/mol. The topological polar surface area (TPSA) is 117 Å². The molecule has 130 valence electrons. The molecule has 1 fully saturated rings. The molecule has 3 N–H and O–H groups in total. The molecular formula is C16H20N8O. The highest BCUT2D eigenvalue weighted by atomic mass is 16.1. The number of nitrogens with one attached hydrogen (secondary N) is 1. The fraction of sp³-hybridized carbons (Fsp3) is 0.438. The maximum atomic E-state index is 12.3. The van der Waals surface area contributed by atoms with E-state index in [-0.39, 0.29) is 5.91 Å².